The number of para-hydroxylation sites is 1. The molecule has 1 aliphatic heterocycles. The molecule has 4 rings (SSSR count). The molecule has 3 aromatic rings. The van der Waals surface area contributed by atoms with E-state index in [2.05, 4.69) is 10.6 Å². The van der Waals surface area contributed by atoms with Gasteiger partial charge in [-0.15, -0.1) is 11.3 Å². The third-order valence-corrected chi connectivity index (χ3v) is 6.28. The molecule has 0 spiro atoms. The third-order valence-electron chi connectivity index (χ3n) is 4.91. The van der Waals surface area contributed by atoms with Crippen molar-refractivity contribution in [2.45, 2.75) is 0 Å². The maximum atomic E-state index is 13.3. The Kier molecular flexibility index (Phi) is 6.03. The molecule has 0 saturated carbocycles. The molecule has 1 amide bonds. The van der Waals surface area contributed by atoms with Gasteiger partial charge in [-0.05, 0) is 36.4 Å². The molecule has 1 aromatic heterocycles. The van der Waals surface area contributed by atoms with Crippen LogP contribution >= 0.6 is 22.9 Å². The minimum absolute atomic E-state index is 0.168. The monoisotopic (exact) mass is 440 g/mol. The Morgan fingerprint density at radius 1 is 1.03 bits per heavy atom. The van der Waals surface area contributed by atoms with E-state index in [-0.39, 0.29) is 17.4 Å². The van der Waals surface area contributed by atoms with Gasteiger partial charge in [0.15, 0.2) is 0 Å². The lowest BCUT2D eigenvalue weighted by Gasteiger charge is -2.27. The molecule has 1 saturated heterocycles. The molecule has 154 valence electrons. The Labute approximate surface area is 183 Å². The molecule has 0 bridgehead atoms. The molecule has 0 aliphatic carbocycles. The number of nitrogen functional groups attached to an aromatic ring is 1. The lowest BCUT2D eigenvalue weighted by Crippen LogP contribution is -2.46. The highest BCUT2D eigenvalue weighted by molar-refractivity contribution is 7.19. The number of rotatable bonds is 5. The van der Waals surface area contributed by atoms with Crippen molar-refractivity contribution in [1.29, 1.82) is 0 Å². The van der Waals surface area contributed by atoms with Crippen LogP contribution in [0.25, 0.3) is 0 Å². The molecule has 30 heavy (non-hydrogen) atoms. The van der Waals surface area contributed by atoms with Gasteiger partial charge >= 0.3 is 0 Å². The minimum atomic E-state index is -0.232. The van der Waals surface area contributed by atoms with E-state index in [4.69, 9.17) is 17.3 Å². The topological polar surface area (TPSA) is 87.5 Å². The number of hydrogen-bond acceptors (Lipinski definition) is 6. The van der Waals surface area contributed by atoms with Gasteiger partial charge in [0.05, 0.1) is 11.3 Å². The van der Waals surface area contributed by atoms with Gasteiger partial charge in [0.1, 0.15) is 9.88 Å². The maximum Gasteiger partial charge on any atom is 0.259 e. The predicted octanol–water partition coefficient (Wildman–Crippen LogP) is 4.00. The van der Waals surface area contributed by atoms with Crippen molar-refractivity contribution in [3.8, 4) is 0 Å². The summed E-state index contributed by atoms with van der Waals surface area (Å²) in [4.78, 5) is 28.5. The number of anilines is 3. The van der Waals surface area contributed by atoms with Gasteiger partial charge in [-0.2, -0.15) is 0 Å². The summed E-state index contributed by atoms with van der Waals surface area (Å²) in [5, 5.41) is 7.62. The number of nitrogens with zero attached hydrogens (tertiary/aromatic N) is 1. The second-order valence-corrected chi connectivity index (χ2v) is 8.38. The lowest BCUT2D eigenvalue weighted by atomic mass is 10.1. The van der Waals surface area contributed by atoms with Gasteiger partial charge in [-0.25, -0.2) is 0 Å². The highest BCUT2D eigenvalue weighted by atomic mass is 35.5. The summed E-state index contributed by atoms with van der Waals surface area (Å²) in [6.45, 7) is 2.65. The van der Waals surface area contributed by atoms with Crippen molar-refractivity contribution >= 4 is 51.0 Å². The van der Waals surface area contributed by atoms with Crippen molar-refractivity contribution in [1.82, 2.24) is 10.2 Å². The Balaban J connectivity index is 1.75. The van der Waals surface area contributed by atoms with Crippen molar-refractivity contribution < 1.29 is 9.59 Å². The zero-order valence-electron chi connectivity index (χ0n) is 16.2. The molecule has 4 N–H and O–H groups in total. The van der Waals surface area contributed by atoms with E-state index in [9.17, 15) is 9.59 Å². The van der Waals surface area contributed by atoms with Crippen molar-refractivity contribution in [2.24, 2.45) is 0 Å². The van der Waals surface area contributed by atoms with Crippen LogP contribution < -0.4 is 16.4 Å². The lowest BCUT2D eigenvalue weighted by molar-refractivity contribution is 0.0738. The predicted molar refractivity (Wildman–Crippen MR) is 122 cm³/mol. The summed E-state index contributed by atoms with van der Waals surface area (Å²) >= 11 is 7.14. The summed E-state index contributed by atoms with van der Waals surface area (Å²) in [6, 6.07) is 16.1. The fourth-order valence-electron chi connectivity index (χ4n) is 3.32. The van der Waals surface area contributed by atoms with Crippen LogP contribution in [0.5, 0.6) is 0 Å². The number of halogens is 1. The van der Waals surface area contributed by atoms with Crippen LogP contribution in [-0.2, 0) is 0 Å². The van der Waals surface area contributed by atoms with Crippen LogP contribution in [0.3, 0.4) is 0 Å². The van der Waals surface area contributed by atoms with E-state index in [0.717, 1.165) is 18.8 Å². The first-order valence-electron chi connectivity index (χ1n) is 9.59. The number of hydrogen-bond donors (Lipinski definition) is 3. The van der Waals surface area contributed by atoms with E-state index in [1.165, 1.54) is 11.3 Å². The summed E-state index contributed by atoms with van der Waals surface area (Å²) < 4.78 is 0. The molecule has 1 fully saturated rings. The number of ketones is 1. The van der Waals surface area contributed by atoms with Crippen LogP contribution in [0.4, 0.5) is 16.4 Å². The SMILES string of the molecule is Nc1c(C(=O)c2ccc(Cl)cc2)sc(Nc2ccccc2)c1C(=O)N1CCNCC1. The van der Waals surface area contributed by atoms with E-state index in [1.807, 2.05) is 30.3 Å². The van der Waals surface area contributed by atoms with Crippen LogP contribution in [-0.4, -0.2) is 42.8 Å². The normalized spacial score (nSPS) is 13.8. The molecule has 0 atom stereocenters. The summed E-state index contributed by atoms with van der Waals surface area (Å²) in [5.74, 6) is -0.400. The van der Waals surface area contributed by atoms with Crippen LogP contribution in [0.15, 0.2) is 54.6 Å². The zero-order chi connectivity index (χ0) is 21.1. The number of nitrogens with one attached hydrogen (secondary N) is 2. The first-order valence-corrected chi connectivity index (χ1v) is 10.8. The Hall–Kier alpha value is -2.87. The molecule has 2 heterocycles. The maximum absolute atomic E-state index is 13.3. The van der Waals surface area contributed by atoms with E-state index in [1.54, 1.807) is 29.2 Å². The van der Waals surface area contributed by atoms with E-state index >= 15 is 0 Å². The summed E-state index contributed by atoms with van der Waals surface area (Å²) in [6.07, 6.45) is 0. The number of benzene rings is 2. The van der Waals surface area contributed by atoms with Crippen LogP contribution in [0.2, 0.25) is 5.02 Å². The largest absolute Gasteiger partial charge is 0.397 e. The molecule has 8 heteroatoms. The van der Waals surface area contributed by atoms with E-state index < -0.39 is 0 Å². The van der Waals surface area contributed by atoms with Crippen molar-refractivity contribution in [3.63, 3.8) is 0 Å². The van der Waals surface area contributed by atoms with Crippen LogP contribution in [0.1, 0.15) is 25.6 Å². The second-order valence-electron chi connectivity index (χ2n) is 6.92. The third kappa shape index (κ3) is 4.18. The summed E-state index contributed by atoms with van der Waals surface area (Å²) in [7, 11) is 0. The fraction of sp³-hybridized carbons (Fsp3) is 0.182. The molecular formula is C22H21ClN4O2S. The van der Waals surface area contributed by atoms with Crippen LogP contribution in [0, 0.1) is 0 Å². The minimum Gasteiger partial charge on any atom is -0.397 e. The summed E-state index contributed by atoms with van der Waals surface area (Å²) in [5.41, 5.74) is 8.24. The van der Waals surface area contributed by atoms with Gasteiger partial charge in [0.2, 0.25) is 5.78 Å². The van der Waals surface area contributed by atoms with Gasteiger partial charge in [0, 0.05) is 42.5 Å². The Morgan fingerprint density at radius 3 is 2.37 bits per heavy atom. The second kappa shape index (κ2) is 8.87. The average Bonchev–Trinajstić information content (AvgIpc) is 3.10. The highest BCUT2D eigenvalue weighted by Gasteiger charge is 2.29. The number of carbonyl (C=O) groups excluding carboxylic acids is 2. The molecule has 0 radical (unpaired) electrons. The van der Waals surface area contributed by atoms with E-state index in [0.29, 0.717) is 39.1 Å². The zero-order valence-corrected chi connectivity index (χ0v) is 17.7. The number of carbonyl (C=O) groups is 2. The van der Waals surface area contributed by atoms with Gasteiger partial charge in [0.25, 0.3) is 5.91 Å². The smallest absolute Gasteiger partial charge is 0.259 e. The van der Waals surface area contributed by atoms with Crippen molar-refractivity contribution in [2.75, 3.05) is 37.2 Å². The molecular weight excluding hydrogens is 420 g/mol. The number of piperazine rings is 1. The Morgan fingerprint density at radius 2 is 1.70 bits per heavy atom. The Bertz CT molecular complexity index is 1060. The van der Waals surface area contributed by atoms with Gasteiger partial charge in [-0.3, -0.25) is 9.59 Å². The van der Waals surface area contributed by atoms with Crippen molar-refractivity contribution in [3.05, 3.63) is 75.6 Å². The molecule has 1 aliphatic rings. The first kappa shape index (κ1) is 20.4. The highest BCUT2D eigenvalue weighted by Crippen LogP contribution is 2.39. The standard InChI is InChI=1S/C22H21ClN4O2S/c23-15-8-6-14(7-9-15)19(28)20-18(24)17(22(29)27-12-10-25-11-13-27)21(30-20)26-16-4-2-1-3-5-16/h1-9,25-26H,10-13,24H2. The van der Waals surface area contributed by atoms with Gasteiger partial charge in [-0.1, -0.05) is 29.8 Å². The number of nitrogens with two attached hydrogens (primary N) is 1. The average molecular weight is 441 g/mol. The molecule has 6 nitrogen and oxygen atoms in total. The van der Waals surface area contributed by atoms with Gasteiger partial charge < -0.3 is 21.3 Å². The molecule has 2 aromatic carbocycles. The number of thiophene rings is 1. The quantitative estimate of drug-likeness (QED) is 0.522. The number of amides is 1. The first-order chi connectivity index (χ1) is 14.5. The fourth-order valence-corrected chi connectivity index (χ4v) is 4.54. The molecule has 0 unspecified atom stereocenters.